The summed E-state index contributed by atoms with van der Waals surface area (Å²) in [6.07, 6.45) is 1.49. The Kier molecular flexibility index (Phi) is 1.85. The highest BCUT2D eigenvalue weighted by Crippen LogP contribution is 2.15. The smallest absolute Gasteiger partial charge is 0.328 e. The van der Waals surface area contributed by atoms with Crippen LogP contribution in [-0.2, 0) is 7.05 Å². The van der Waals surface area contributed by atoms with E-state index >= 15 is 0 Å². The van der Waals surface area contributed by atoms with E-state index in [0.717, 1.165) is 0 Å². The van der Waals surface area contributed by atoms with Crippen LogP contribution in [0.15, 0.2) is 38.5 Å². The lowest BCUT2D eigenvalue weighted by Gasteiger charge is -2.02. The molecule has 2 aromatic rings. The molecule has 14 heavy (non-hydrogen) atoms. The zero-order valence-corrected chi connectivity index (χ0v) is 7.48. The van der Waals surface area contributed by atoms with Crippen molar-refractivity contribution in [3.05, 3.63) is 45.3 Å². The predicted octanol–water partition coefficient (Wildman–Crippen LogP) is 0.334. The van der Waals surface area contributed by atoms with Gasteiger partial charge in [0.05, 0.1) is 12.0 Å². The van der Waals surface area contributed by atoms with Crippen LogP contribution in [-0.4, -0.2) is 9.55 Å². The second-order valence-corrected chi connectivity index (χ2v) is 2.86. The second kappa shape index (κ2) is 3.02. The highest BCUT2D eigenvalue weighted by Gasteiger charge is 2.06. The molecule has 72 valence electrons. The molecule has 0 spiro atoms. The van der Waals surface area contributed by atoms with E-state index in [1.165, 1.54) is 16.9 Å². The van der Waals surface area contributed by atoms with Gasteiger partial charge in [-0.3, -0.25) is 14.3 Å². The monoisotopic (exact) mass is 192 g/mol. The largest absolute Gasteiger partial charge is 0.463 e. The molecule has 0 fully saturated rings. The van der Waals surface area contributed by atoms with Crippen LogP contribution in [0.3, 0.4) is 0 Å². The molecule has 1 N–H and O–H groups in total. The van der Waals surface area contributed by atoms with Crippen molar-refractivity contribution in [3.63, 3.8) is 0 Å². The number of hydrogen-bond acceptors (Lipinski definition) is 3. The van der Waals surface area contributed by atoms with Crippen molar-refractivity contribution in [2.75, 3.05) is 0 Å². The van der Waals surface area contributed by atoms with Gasteiger partial charge in [-0.25, -0.2) is 4.79 Å². The molecule has 0 saturated carbocycles. The fourth-order valence-electron chi connectivity index (χ4n) is 1.22. The highest BCUT2D eigenvalue weighted by atomic mass is 16.3. The molecule has 0 aromatic carbocycles. The molecular weight excluding hydrogens is 184 g/mol. The quantitative estimate of drug-likeness (QED) is 0.708. The molecule has 0 amide bonds. The lowest BCUT2D eigenvalue weighted by atomic mass is 10.3. The first-order chi connectivity index (χ1) is 6.68. The van der Waals surface area contributed by atoms with Gasteiger partial charge in [0.1, 0.15) is 0 Å². The van der Waals surface area contributed by atoms with E-state index in [9.17, 15) is 9.59 Å². The van der Waals surface area contributed by atoms with Crippen molar-refractivity contribution in [1.82, 2.24) is 9.55 Å². The summed E-state index contributed by atoms with van der Waals surface area (Å²) in [5.74, 6) is 0.496. The van der Waals surface area contributed by atoms with Gasteiger partial charge in [-0.05, 0) is 12.1 Å². The number of aromatic nitrogens is 2. The molecule has 2 heterocycles. The summed E-state index contributed by atoms with van der Waals surface area (Å²) in [6, 6.07) is 4.70. The third-order valence-electron chi connectivity index (χ3n) is 1.94. The first kappa shape index (κ1) is 8.55. The van der Waals surface area contributed by atoms with Gasteiger partial charge in [0.15, 0.2) is 5.76 Å². The zero-order chi connectivity index (χ0) is 10.1. The van der Waals surface area contributed by atoms with E-state index in [-0.39, 0.29) is 0 Å². The van der Waals surface area contributed by atoms with Crippen LogP contribution in [0.25, 0.3) is 11.5 Å². The second-order valence-electron chi connectivity index (χ2n) is 2.86. The van der Waals surface area contributed by atoms with Gasteiger partial charge < -0.3 is 4.42 Å². The van der Waals surface area contributed by atoms with Crippen LogP contribution in [0.1, 0.15) is 0 Å². The maximum atomic E-state index is 11.2. The molecule has 0 aliphatic rings. The summed E-state index contributed by atoms with van der Waals surface area (Å²) < 4.78 is 6.42. The zero-order valence-electron chi connectivity index (χ0n) is 7.48. The van der Waals surface area contributed by atoms with Gasteiger partial charge in [-0.1, -0.05) is 0 Å². The number of nitrogens with one attached hydrogen (secondary N) is 1. The van der Waals surface area contributed by atoms with Crippen LogP contribution < -0.4 is 11.2 Å². The molecule has 5 nitrogen and oxygen atoms in total. The van der Waals surface area contributed by atoms with Gasteiger partial charge in [-0.2, -0.15) is 0 Å². The minimum atomic E-state index is -0.455. The molecule has 5 heteroatoms. The molecule has 2 aromatic heterocycles. The fraction of sp³-hybridized carbons (Fsp3) is 0.111. The Balaban J connectivity index is 2.77. The van der Waals surface area contributed by atoms with Gasteiger partial charge in [-0.15, -0.1) is 0 Å². The molecule has 0 saturated heterocycles. The third kappa shape index (κ3) is 1.28. The van der Waals surface area contributed by atoms with Crippen molar-refractivity contribution in [3.8, 4) is 11.5 Å². The summed E-state index contributed by atoms with van der Waals surface area (Å²) in [5.41, 5.74) is -0.424. The first-order valence-corrected chi connectivity index (χ1v) is 4.03. The lowest BCUT2D eigenvalue weighted by Crippen LogP contribution is -2.28. The Morgan fingerprint density at radius 1 is 1.43 bits per heavy atom. The Morgan fingerprint density at radius 3 is 2.86 bits per heavy atom. The van der Waals surface area contributed by atoms with Crippen molar-refractivity contribution in [1.29, 1.82) is 0 Å². The molecule has 0 atom stereocenters. The average molecular weight is 192 g/mol. The number of hydrogen-bond donors (Lipinski definition) is 1. The van der Waals surface area contributed by atoms with E-state index in [4.69, 9.17) is 4.42 Å². The minimum absolute atomic E-state index is 0.431. The van der Waals surface area contributed by atoms with Crippen molar-refractivity contribution >= 4 is 0 Å². The highest BCUT2D eigenvalue weighted by molar-refractivity contribution is 5.51. The SMILES string of the molecule is Cn1c(-c2ccco2)cc(=O)[nH]c1=O. The predicted molar refractivity (Wildman–Crippen MR) is 50.0 cm³/mol. The van der Waals surface area contributed by atoms with Crippen LogP contribution in [0.4, 0.5) is 0 Å². The van der Waals surface area contributed by atoms with Crippen molar-refractivity contribution < 1.29 is 4.42 Å². The van der Waals surface area contributed by atoms with Crippen LogP contribution in [0, 0.1) is 0 Å². The number of aromatic amines is 1. The maximum absolute atomic E-state index is 11.2. The minimum Gasteiger partial charge on any atom is -0.463 e. The third-order valence-corrected chi connectivity index (χ3v) is 1.94. The van der Waals surface area contributed by atoms with Crippen LogP contribution in [0.2, 0.25) is 0 Å². The standard InChI is InChI=1S/C9H8N2O3/c1-11-6(7-3-2-4-14-7)5-8(12)10-9(11)13/h2-5H,1H3,(H,10,12,13). The summed E-state index contributed by atoms with van der Waals surface area (Å²) in [7, 11) is 1.57. The average Bonchev–Trinajstić information content (AvgIpc) is 2.63. The molecule has 2 rings (SSSR count). The Morgan fingerprint density at radius 2 is 2.21 bits per heavy atom. The first-order valence-electron chi connectivity index (χ1n) is 4.03. The van der Waals surface area contributed by atoms with Gasteiger partial charge in [0, 0.05) is 13.1 Å². The number of furan rings is 1. The Bertz CT molecular complexity index is 548. The fourth-order valence-corrected chi connectivity index (χ4v) is 1.22. The van der Waals surface area contributed by atoms with Crippen LogP contribution in [0.5, 0.6) is 0 Å². The van der Waals surface area contributed by atoms with Gasteiger partial charge in [0.2, 0.25) is 0 Å². The normalized spacial score (nSPS) is 10.4. The lowest BCUT2D eigenvalue weighted by molar-refractivity contribution is 0.573. The Hall–Kier alpha value is -2.04. The van der Waals surface area contributed by atoms with Crippen LogP contribution >= 0.6 is 0 Å². The number of H-pyrrole nitrogens is 1. The van der Waals surface area contributed by atoms with Crippen molar-refractivity contribution in [2.24, 2.45) is 7.05 Å². The molecule has 0 aliphatic heterocycles. The molecule has 0 unspecified atom stereocenters. The van der Waals surface area contributed by atoms with Crippen molar-refractivity contribution in [2.45, 2.75) is 0 Å². The van der Waals surface area contributed by atoms with E-state index in [2.05, 4.69) is 4.98 Å². The summed E-state index contributed by atoms with van der Waals surface area (Å²) in [4.78, 5) is 24.4. The van der Waals surface area contributed by atoms with Gasteiger partial charge >= 0.3 is 5.69 Å². The molecular formula is C9H8N2O3. The van der Waals surface area contributed by atoms with E-state index in [1.54, 1.807) is 19.2 Å². The summed E-state index contributed by atoms with van der Waals surface area (Å²) in [6.45, 7) is 0. The summed E-state index contributed by atoms with van der Waals surface area (Å²) in [5, 5.41) is 0. The van der Waals surface area contributed by atoms with E-state index < -0.39 is 11.2 Å². The summed E-state index contributed by atoms with van der Waals surface area (Å²) >= 11 is 0. The topological polar surface area (TPSA) is 68.0 Å². The van der Waals surface area contributed by atoms with Gasteiger partial charge in [0.25, 0.3) is 5.56 Å². The van der Waals surface area contributed by atoms with E-state index in [1.807, 2.05) is 0 Å². The number of nitrogens with zero attached hydrogens (tertiary/aromatic N) is 1. The molecule has 0 bridgehead atoms. The Labute approximate surface area is 78.6 Å². The molecule has 0 aliphatic carbocycles. The maximum Gasteiger partial charge on any atom is 0.328 e. The molecule has 0 radical (unpaired) electrons. The van der Waals surface area contributed by atoms with E-state index in [0.29, 0.717) is 11.5 Å². The number of rotatable bonds is 1.